The van der Waals surface area contributed by atoms with E-state index in [4.69, 9.17) is 4.42 Å². The maximum atomic E-state index is 6.22. The Hall–Kier alpha value is -5.34. The number of rotatable bonds is 1. The van der Waals surface area contributed by atoms with Crippen LogP contribution < -0.4 is 0 Å². The molecule has 202 valence electrons. The lowest BCUT2D eigenvalue weighted by Gasteiger charge is -2.35. The number of furan rings is 1. The number of aromatic nitrogens is 1. The summed E-state index contributed by atoms with van der Waals surface area (Å²) in [6, 6.07) is 46.8. The molecule has 0 bridgehead atoms. The number of para-hydroxylation sites is 1. The second-order valence-corrected chi connectivity index (χ2v) is 12.6. The van der Waals surface area contributed by atoms with Crippen LogP contribution in [0.2, 0.25) is 0 Å². The topological polar surface area (TPSA) is 18.1 Å². The van der Waals surface area contributed by atoms with Crippen molar-refractivity contribution in [3.8, 4) is 16.8 Å². The van der Waals surface area contributed by atoms with Crippen LogP contribution in [0, 0.1) is 0 Å². The minimum atomic E-state index is -0.0881. The van der Waals surface area contributed by atoms with Gasteiger partial charge in [0.05, 0.1) is 11.0 Å². The molecule has 0 spiro atoms. The van der Waals surface area contributed by atoms with Gasteiger partial charge in [-0.2, -0.15) is 0 Å². The van der Waals surface area contributed by atoms with Crippen LogP contribution in [0.1, 0.15) is 25.0 Å². The third-order valence-corrected chi connectivity index (χ3v) is 9.92. The van der Waals surface area contributed by atoms with Crippen molar-refractivity contribution in [3.63, 3.8) is 0 Å². The third-order valence-electron chi connectivity index (χ3n) is 9.92. The number of fused-ring (bicyclic) bond motifs is 10. The quantitative estimate of drug-likeness (QED) is 0.199. The zero-order chi connectivity index (χ0) is 28.4. The summed E-state index contributed by atoms with van der Waals surface area (Å²) < 4.78 is 8.70. The normalized spacial score (nSPS) is 14.0. The predicted molar refractivity (Wildman–Crippen MR) is 181 cm³/mol. The molecule has 2 heteroatoms. The zero-order valence-electron chi connectivity index (χ0n) is 24.0. The first-order chi connectivity index (χ1) is 21.1. The largest absolute Gasteiger partial charge is 0.456 e. The van der Waals surface area contributed by atoms with Crippen LogP contribution in [-0.4, -0.2) is 4.57 Å². The first-order valence-corrected chi connectivity index (χ1v) is 15.0. The molecule has 1 aliphatic rings. The molecule has 1 aliphatic carbocycles. The number of hydrogen-bond acceptors (Lipinski definition) is 1. The van der Waals surface area contributed by atoms with E-state index in [9.17, 15) is 0 Å². The van der Waals surface area contributed by atoms with E-state index in [1.807, 2.05) is 6.07 Å². The Morgan fingerprint density at radius 3 is 2.12 bits per heavy atom. The van der Waals surface area contributed by atoms with Crippen LogP contribution in [0.5, 0.6) is 0 Å². The Kier molecular flexibility index (Phi) is 4.29. The van der Waals surface area contributed by atoms with E-state index in [-0.39, 0.29) is 5.41 Å². The molecule has 2 nitrogen and oxygen atoms in total. The molecule has 43 heavy (non-hydrogen) atoms. The van der Waals surface area contributed by atoms with E-state index in [2.05, 4.69) is 140 Å². The van der Waals surface area contributed by atoms with E-state index in [1.54, 1.807) is 0 Å². The number of benzene rings is 7. The molecule has 0 unspecified atom stereocenters. The molecule has 0 fully saturated rings. The Morgan fingerprint density at radius 2 is 1.21 bits per heavy atom. The van der Waals surface area contributed by atoms with Crippen molar-refractivity contribution < 1.29 is 4.42 Å². The molecule has 0 saturated carbocycles. The van der Waals surface area contributed by atoms with Gasteiger partial charge in [-0.3, -0.25) is 0 Å². The Bertz CT molecular complexity index is 2650. The summed E-state index contributed by atoms with van der Waals surface area (Å²) in [7, 11) is 0. The van der Waals surface area contributed by atoms with Crippen molar-refractivity contribution in [3.05, 3.63) is 139 Å². The standard InChI is InChI=1S/C41H27NO/c1-41(2)32-15-7-5-14-29(32)40-38-26(12-9-16-33(38)41)22-35-39(40)31-20-24-10-3-4-11-25(24)21-34(31)42(35)27-18-19-37-30(23-27)28-13-6-8-17-36(28)43-37/h3-23H,1-2H3. The van der Waals surface area contributed by atoms with Crippen LogP contribution in [0.4, 0.5) is 0 Å². The first-order valence-electron chi connectivity index (χ1n) is 15.0. The van der Waals surface area contributed by atoms with Crippen LogP contribution in [-0.2, 0) is 5.41 Å². The minimum absolute atomic E-state index is 0.0881. The van der Waals surface area contributed by atoms with Gasteiger partial charge in [-0.15, -0.1) is 0 Å². The fourth-order valence-electron chi connectivity index (χ4n) is 7.95. The zero-order valence-corrected chi connectivity index (χ0v) is 24.0. The van der Waals surface area contributed by atoms with Crippen LogP contribution in [0.25, 0.3) is 82.1 Å². The van der Waals surface area contributed by atoms with Crippen molar-refractivity contribution in [1.29, 1.82) is 0 Å². The molecule has 0 saturated heterocycles. The van der Waals surface area contributed by atoms with Gasteiger partial charge >= 0.3 is 0 Å². The monoisotopic (exact) mass is 549 g/mol. The van der Waals surface area contributed by atoms with Gasteiger partial charge in [0.15, 0.2) is 0 Å². The summed E-state index contributed by atoms with van der Waals surface area (Å²) in [6.45, 7) is 4.74. The molecule has 10 rings (SSSR count). The summed E-state index contributed by atoms with van der Waals surface area (Å²) in [5.41, 5.74) is 10.8. The maximum Gasteiger partial charge on any atom is 0.135 e. The maximum absolute atomic E-state index is 6.22. The number of hydrogen-bond donors (Lipinski definition) is 0. The van der Waals surface area contributed by atoms with Crippen molar-refractivity contribution in [2.75, 3.05) is 0 Å². The molecular formula is C41H27NO. The van der Waals surface area contributed by atoms with Gasteiger partial charge in [0.1, 0.15) is 11.2 Å². The van der Waals surface area contributed by atoms with E-state index in [1.165, 1.54) is 65.6 Å². The van der Waals surface area contributed by atoms with Gasteiger partial charge in [-0.25, -0.2) is 0 Å². The Balaban J connectivity index is 1.45. The highest BCUT2D eigenvalue weighted by Gasteiger charge is 2.35. The Labute approximate surface area is 248 Å². The van der Waals surface area contributed by atoms with E-state index >= 15 is 0 Å². The van der Waals surface area contributed by atoms with Crippen molar-refractivity contribution in [1.82, 2.24) is 4.57 Å². The molecule has 2 heterocycles. The third kappa shape index (κ3) is 2.93. The molecule has 2 aromatic heterocycles. The summed E-state index contributed by atoms with van der Waals surface area (Å²) >= 11 is 0. The second kappa shape index (κ2) is 7.93. The van der Waals surface area contributed by atoms with Gasteiger partial charge in [-0.05, 0) is 80.7 Å². The van der Waals surface area contributed by atoms with E-state index < -0.39 is 0 Å². The number of nitrogens with zero attached hydrogens (tertiary/aromatic N) is 1. The van der Waals surface area contributed by atoms with E-state index in [0.29, 0.717) is 0 Å². The molecule has 0 atom stereocenters. The van der Waals surface area contributed by atoms with Crippen molar-refractivity contribution in [2.24, 2.45) is 0 Å². The van der Waals surface area contributed by atoms with E-state index in [0.717, 1.165) is 27.6 Å². The highest BCUT2D eigenvalue weighted by atomic mass is 16.3. The molecule has 9 aromatic rings. The summed E-state index contributed by atoms with van der Waals surface area (Å²) in [5, 5.41) is 10.1. The molecule has 0 N–H and O–H groups in total. The summed E-state index contributed by atoms with van der Waals surface area (Å²) in [6.07, 6.45) is 0. The van der Waals surface area contributed by atoms with Gasteiger partial charge in [0.2, 0.25) is 0 Å². The summed E-state index contributed by atoms with van der Waals surface area (Å²) in [5.74, 6) is 0. The second-order valence-electron chi connectivity index (χ2n) is 12.6. The minimum Gasteiger partial charge on any atom is -0.456 e. The van der Waals surface area contributed by atoms with Crippen LogP contribution in [0.15, 0.2) is 132 Å². The average molecular weight is 550 g/mol. The fraction of sp³-hybridized carbons (Fsp3) is 0.0732. The highest BCUT2D eigenvalue weighted by molar-refractivity contribution is 6.26. The first kappa shape index (κ1) is 23.2. The lowest BCUT2D eigenvalue weighted by atomic mass is 9.68. The van der Waals surface area contributed by atoms with Gasteiger partial charge in [-0.1, -0.05) is 98.8 Å². The van der Waals surface area contributed by atoms with Crippen molar-refractivity contribution in [2.45, 2.75) is 19.3 Å². The van der Waals surface area contributed by atoms with Gasteiger partial charge < -0.3 is 8.98 Å². The average Bonchev–Trinajstić information content (AvgIpc) is 3.56. The highest BCUT2D eigenvalue weighted by Crippen LogP contribution is 2.53. The van der Waals surface area contributed by atoms with Gasteiger partial charge in [0, 0.05) is 38.2 Å². The fourth-order valence-corrected chi connectivity index (χ4v) is 7.95. The van der Waals surface area contributed by atoms with Crippen LogP contribution in [0.3, 0.4) is 0 Å². The predicted octanol–water partition coefficient (Wildman–Crippen LogP) is 11.3. The van der Waals surface area contributed by atoms with Crippen molar-refractivity contribution >= 4 is 65.3 Å². The van der Waals surface area contributed by atoms with Crippen LogP contribution >= 0.6 is 0 Å². The molecule has 0 amide bonds. The lowest BCUT2D eigenvalue weighted by molar-refractivity contribution is 0.645. The Morgan fingerprint density at radius 1 is 0.512 bits per heavy atom. The smallest absolute Gasteiger partial charge is 0.135 e. The molecule has 0 radical (unpaired) electrons. The summed E-state index contributed by atoms with van der Waals surface area (Å²) in [4.78, 5) is 0. The molecule has 7 aromatic carbocycles. The van der Waals surface area contributed by atoms with Gasteiger partial charge in [0.25, 0.3) is 0 Å². The molecule has 0 aliphatic heterocycles. The lowest BCUT2D eigenvalue weighted by Crippen LogP contribution is -2.23. The molecular weight excluding hydrogens is 522 g/mol. The SMILES string of the molecule is CC1(C)c2ccccc2-c2c3c1cccc3cc1c2c2cc3ccccc3cc2n1-c1ccc2oc3ccccc3c2c1.